The first-order valence-corrected chi connectivity index (χ1v) is 11.9. The molecule has 0 aliphatic heterocycles. The van der Waals surface area contributed by atoms with E-state index in [1.165, 1.54) is 11.0 Å². The Labute approximate surface area is 217 Å². The molecule has 0 bridgehead atoms. The van der Waals surface area contributed by atoms with Crippen LogP contribution in [0.2, 0.25) is 0 Å². The molecule has 0 radical (unpaired) electrons. The SMILES string of the molecule is CN(C)C1C(=O)C(C(N)=O)=C(O)C2(O)C(=O)C3=C(O)c4c(O)ccc(-c5ccc(C#N)cc5)c4CC3CC12. The Morgan fingerprint density at radius 3 is 2.34 bits per heavy atom. The molecule has 0 spiro atoms. The fourth-order valence-corrected chi connectivity index (χ4v) is 6.24. The molecule has 1 fully saturated rings. The van der Waals surface area contributed by atoms with Crippen molar-refractivity contribution < 1.29 is 34.8 Å². The highest BCUT2D eigenvalue weighted by atomic mass is 16.3. The van der Waals surface area contributed by atoms with Crippen molar-refractivity contribution in [2.75, 3.05) is 14.1 Å². The summed E-state index contributed by atoms with van der Waals surface area (Å²) in [7, 11) is 3.10. The first kappa shape index (κ1) is 25.2. The number of Topliss-reactive ketones (excluding diaryl/α,β-unsaturated/α-hetero) is 2. The second-order valence-electron chi connectivity index (χ2n) is 10.1. The average molecular weight is 516 g/mol. The summed E-state index contributed by atoms with van der Waals surface area (Å²) < 4.78 is 0. The highest BCUT2D eigenvalue weighted by Crippen LogP contribution is 2.53. The molecule has 0 heterocycles. The van der Waals surface area contributed by atoms with Gasteiger partial charge in [0, 0.05) is 11.5 Å². The number of amides is 1. The molecule has 10 heteroatoms. The molecule has 194 valence electrons. The lowest BCUT2D eigenvalue weighted by molar-refractivity contribution is -0.153. The van der Waals surface area contributed by atoms with Gasteiger partial charge in [-0.2, -0.15) is 5.26 Å². The van der Waals surface area contributed by atoms with Crippen LogP contribution in [0.15, 0.2) is 53.3 Å². The molecule has 5 rings (SSSR count). The Bertz CT molecular complexity index is 1530. The molecule has 2 aromatic rings. The van der Waals surface area contributed by atoms with Gasteiger partial charge in [-0.25, -0.2) is 0 Å². The van der Waals surface area contributed by atoms with Gasteiger partial charge in [-0.1, -0.05) is 18.2 Å². The number of ketones is 2. The number of carbonyl (C=O) groups is 3. The van der Waals surface area contributed by atoms with Gasteiger partial charge in [0.05, 0.1) is 23.2 Å². The molecular formula is C28H25N3O7. The van der Waals surface area contributed by atoms with Crippen molar-refractivity contribution in [3.8, 4) is 22.9 Å². The van der Waals surface area contributed by atoms with E-state index in [2.05, 4.69) is 6.07 Å². The topological polar surface area (TPSA) is 185 Å². The molecule has 10 nitrogen and oxygen atoms in total. The summed E-state index contributed by atoms with van der Waals surface area (Å²) in [5.41, 5.74) is 4.04. The largest absolute Gasteiger partial charge is 0.508 e. The number of aromatic hydroxyl groups is 1. The fourth-order valence-electron chi connectivity index (χ4n) is 6.24. The molecule has 2 aromatic carbocycles. The van der Waals surface area contributed by atoms with Crippen molar-refractivity contribution in [2.45, 2.75) is 24.5 Å². The number of carbonyl (C=O) groups excluding carboxylic acids is 3. The number of phenolic OH excluding ortho intramolecular Hbond substituents is 1. The van der Waals surface area contributed by atoms with Crippen LogP contribution in [-0.4, -0.2) is 68.5 Å². The monoisotopic (exact) mass is 515 g/mol. The standard InChI is InChI=1S/C28H25N3O7/c1-31(2)22-17-10-14-9-16-15(13-5-3-12(11-29)4-6-13)7-8-18(32)20(16)23(33)19(14)25(35)28(17,38)26(36)21(24(22)34)27(30)37/h3-8,14,17,22,32-33,36,38H,9-10H2,1-2H3,(H2,30,37). The van der Waals surface area contributed by atoms with Gasteiger partial charge in [0.25, 0.3) is 5.91 Å². The first-order valence-electron chi connectivity index (χ1n) is 11.9. The summed E-state index contributed by atoms with van der Waals surface area (Å²) >= 11 is 0. The third kappa shape index (κ3) is 3.29. The van der Waals surface area contributed by atoms with Crippen LogP contribution in [0, 0.1) is 23.2 Å². The Morgan fingerprint density at radius 2 is 1.76 bits per heavy atom. The minimum Gasteiger partial charge on any atom is -0.508 e. The highest BCUT2D eigenvalue weighted by Gasteiger charge is 2.64. The number of nitrogens with zero attached hydrogens (tertiary/aromatic N) is 2. The van der Waals surface area contributed by atoms with Gasteiger partial charge in [0.2, 0.25) is 5.78 Å². The van der Waals surface area contributed by atoms with Gasteiger partial charge >= 0.3 is 0 Å². The Kier molecular flexibility index (Phi) is 5.67. The molecule has 4 atom stereocenters. The number of nitrogens with two attached hydrogens (primary N) is 1. The number of hydrogen-bond donors (Lipinski definition) is 5. The van der Waals surface area contributed by atoms with Crippen LogP contribution in [0.4, 0.5) is 0 Å². The molecule has 38 heavy (non-hydrogen) atoms. The number of phenols is 1. The number of hydrogen-bond acceptors (Lipinski definition) is 9. The van der Waals surface area contributed by atoms with Crippen molar-refractivity contribution >= 4 is 23.2 Å². The number of aliphatic hydroxyl groups excluding tert-OH is 2. The number of likely N-dealkylation sites (N-methyl/N-ethyl adjacent to an activating group) is 1. The molecule has 0 aromatic heterocycles. The molecular weight excluding hydrogens is 490 g/mol. The summed E-state index contributed by atoms with van der Waals surface area (Å²) in [6.07, 6.45) is 0.187. The second-order valence-corrected chi connectivity index (χ2v) is 10.1. The van der Waals surface area contributed by atoms with Crippen LogP contribution in [0.3, 0.4) is 0 Å². The minimum absolute atomic E-state index is 0.00816. The van der Waals surface area contributed by atoms with Crippen LogP contribution in [-0.2, 0) is 20.8 Å². The lowest BCUT2D eigenvalue weighted by atomic mass is 9.57. The summed E-state index contributed by atoms with van der Waals surface area (Å²) in [5.74, 6) is -6.90. The van der Waals surface area contributed by atoms with E-state index in [1.807, 2.05) is 0 Å². The summed E-state index contributed by atoms with van der Waals surface area (Å²) in [5, 5.41) is 53.7. The second kappa shape index (κ2) is 8.55. The van der Waals surface area contributed by atoms with Gasteiger partial charge in [0.1, 0.15) is 22.8 Å². The van der Waals surface area contributed by atoms with E-state index in [1.54, 1.807) is 44.4 Å². The van der Waals surface area contributed by atoms with E-state index in [0.29, 0.717) is 16.7 Å². The van der Waals surface area contributed by atoms with E-state index in [4.69, 9.17) is 11.0 Å². The molecule has 1 amide bonds. The minimum atomic E-state index is -2.68. The predicted octanol–water partition coefficient (Wildman–Crippen LogP) is 1.50. The lowest BCUT2D eigenvalue weighted by Gasteiger charge is -2.50. The molecule has 6 N–H and O–H groups in total. The zero-order valence-corrected chi connectivity index (χ0v) is 20.6. The van der Waals surface area contributed by atoms with E-state index in [9.17, 15) is 34.8 Å². The normalized spacial score (nSPS) is 26.6. The number of primary amides is 1. The smallest absolute Gasteiger partial charge is 0.255 e. The zero-order valence-electron chi connectivity index (χ0n) is 20.6. The van der Waals surface area contributed by atoms with Crippen molar-refractivity contribution in [3.05, 3.63) is 70.0 Å². The number of fused-ring (bicyclic) bond motifs is 3. The molecule has 0 saturated heterocycles. The van der Waals surface area contributed by atoms with Crippen LogP contribution >= 0.6 is 0 Å². The van der Waals surface area contributed by atoms with Gasteiger partial charge in [-0.15, -0.1) is 0 Å². The van der Waals surface area contributed by atoms with E-state index in [-0.39, 0.29) is 29.7 Å². The Hall–Kier alpha value is -4.46. The van der Waals surface area contributed by atoms with Crippen LogP contribution < -0.4 is 5.73 Å². The van der Waals surface area contributed by atoms with E-state index < -0.39 is 58.0 Å². The fraction of sp³-hybridized carbons (Fsp3) is 0.286. The molecule has 4 unspecified atom stereocenters. The maximum Gasteiger partial charge on any atom is 0.255 e. The Balaban J connectivity index is 1.73. The number of aliphatic hydroxyl groups is 3. The predicted molar refractivity (Wildman–Crippen MR) is 134 cm³/mol. The van der Waals surface area contributed by atoms with Crippen molar-refractivity contribution in [2.24, 2.45) is 17.6 Å². The molecule has 3 aliphatic rings. The zero-order chi connectivity index (χ0) is 27.7. The maximum absolute atomic E-state index is 13.9. The number of benzene rings is 2. The number of nitriles is 1. The quantitative estimate of drug-likeness (QED) is 0.378. The molecule has 3 aliphatic carbocycles. The van der Waals surface area contributed by atoms with E-state index >= 15 is 0 Å². The van der Waals surface area contributed by atoms with Crippen LogP contribution in [0.1, 0.15) is 23.1 Å². The maximum atomic E-state index is 13.9. The van der Waals surface area contributed by atoms with Crippen LogP contribution in [0.5, 0.6) is 5.75 Å². The van der Waals surface area contributed by atoms with Gasteiger partial charge in [0.15, 0.2) is 11.4 Å². The van der Waals surface area contributed by atoms with Gasteiger partial charge in [-0.3, -0.25) is 19.3 Å². The van der Waals surface area contributed by atoms with Gasteiger partial charge in [-0.05, 0) is 67.7 Å². The molecule has 1 saturated carbocycles. The van der Waals surface area contributed by atoms with Crippen molar-refractivity contribution in [3.63, 3.8) is 0 Å². The third-order valence-corrected chi connectivity index (χ3v) is 7.93. The van der Waals surface area contributed by atoms with Crippen LogP contribution in [0.25, 0.3) is 16.9 Å². The van der Waals surface area contributed by atoms with Crippen molar-refractivity contribution in [1.82, 2.24) is 4.90 Å². The Morgan fingerprint density at radius 1 is 1.11 bits per heavy atom. The first-order chi connectivity index (χ1) is 17.9. The van der Waals surface area contributed by atoms with Gasteiger partial charge < -0.3 is 26.2 Å². The summed E-state index contributed by atoms with van der Waals surface area (Å²) in [6, 6.07) is 10.7. The van der Waals surface area contributed by atoms with Crippen molar-refractivity contribution in [1.29, 1.82) is 5.26 Å². The average Bonchev–Trinajstić information content (AvgIpc) is 2.86. The summed E-state index contributed by atoms with van der Waals surface area (Å²) in [4.78, 5) is 40.6. The highest BCUT2D eigenvalue weighted by molar-refractivity contribution is 6.24. The third-order valence-electron chi connectivity index (χ3n) is 7.93. The van der Waals surface area contributed by atoms with E-state index in [0.717, 1.165) is 5.56 Å². The summed E-state index contributed by atoms with van der Waals surface area (Å²) in [6.45, 7) is 0. The number of rotatable bonds is 3. The lowest BCUT2D eigenvalue weighted by Crippen LogP contribution is -2.65.